The highest BCUT2D eigenvalue weighted by molar-refractivity contribution is 4.98. The van der Waals surface area contributed by atoms with E-state index in [4.69, 9.17) is 0 Å². The van der Waals surface area contributed by atoms with Crippen LogP contribution in [0.4, 0.5) is 0 Å². The summed E-state index contributed by atoms with van der Waals surface area (Å²) in [5, 5.41) is 9.39. The van der Waals surface area contributed by atoms with Gasteiger partial charge >= 0.3 is 0 Å². The van der Waals surface area contributed by atoms with Gasteiger partial charge in [0.05, 0.1) is 12.0 Å². The zero-order valence-corrected chi connectivity index (χ0v) is 11.9. The van der Waals surface area contributed by atoms with Gasteiger partial charge in [-0.3, -0.25) is 4.90 Å². The Bertz CT molecular complexity index is 297. The Morgan fingerprint density at radius 1 is 1.17 bits per heavy atom. The molecule has 0 aromatic carbocycles. The monoisotopic (exact) mass is 249 g/mol. The average molecular weight is 249 g/mol. The molecule has 2 aliphatic rings. The summed E-state index contributed by atoms with van der Waals surface area (Å²) in [6.45, 7) is 6.99. The van der Waals surface area contributed by atoms with E-state index < -0.39 is 0 Å². The van der Waals surface area contributed by atoms with Gasteiger partial charge < -0.3 is 4.90 Å². The Kier molecular flexibility index (Phi) is 5.03. The number of hydrogen-bond acceptors (Lipinski definition) is 3. The molecule has 1 aliphatic heterocycles. The molecule has 0 bridgehead atoms. The van der Waals surface area contributed by atoms with Gasteiger partial charge in [0.25, 0.3) is 0 Å². The second kappa shape index (κ2) is 6.54. The van der Waals surface area contributed by atoms with Crippen molar-refractivity contribution in [3.63, 3.8) is 0 Å². The van der Waals surface area contributed by atoms with E-state index in [1.807, 2.05) is 0 Å². The molecule has 2 rings (SSSR count). The molecule has 1 saturated carbocycles. The molecule has 1 heterocycles. The topological polar surface area (TPSA) is 30.3 Å². The predicted molar refractivity (Wildman–Crippen MR) is 74.2 cm³/mol. The van der Waals surface area contributed by atoms with Crippen LogP contribution in [0.1, 0.15) is 39.0 Å². The van der Waals surface area contributed by atoms with Crippen LogP contribution < -0.4 is 0 Å². The van der Waals surface area contributed by atoms with Crippen LogP contribution in [0.25, 0.3) is 0 Å². The van der Waals surface area contributed by atoms with Gasteiger partial charge in [-0.2, -0.15) is 5.26 Å². The van der Waals surface area contributed by atoms with Gasteiger partial charge in [-0.25, -0.2) is 0 Å². The SMILES string of the molecule is CCC1CCC(C#N)C(N2CCCN(C)CC2)C1. The van der Waals surface area contributed by atoms with Crippen LogP contribution in [0.3, 0.4) is 0 Å². The minimum absolute atomic E-state index is 0.274. The largest absolute Gasteiger partial charge is 0.305 e. The number of rotatable bonds is 2. The van der Waals surface area contributed by atoms with E-state index in [0.717, 1.165) is 25.4 Å². The molecule has 2 fully saturated rings. The third kappa shape index (κ3) is 3.24. The summed E-state index contributed by atoms with van der Waals surface area (Å²) >= 11 is 0. The van der Waals surface area contributed by atoms with Crippen LogP contribution >= 0.6 is 0 Å². The third-order valence-corrected chi connectivity index (χ3v) is 4.89. The van der Waals surface area contributed by atoms with Gasteiger partial charge in [0, 0.05) is 19.1 Å². The number of hydrogen-bond donors (Lipinski definition) is 0. The predicted octanol–water partition coefficient (Wildman–Crippen LogP) is 2.34. The van der Waals surface area contributed by atoms with Crippen LogP contribution in [-0.2, 0) is 0 Å². The molecule has 3 atom stereocenters. The van der Waals surface area contributed by atoms with Crippen LogP contribution in [0.15, 0.2) is 0 Å². The zero-order chi connectivity index (χ0) is 13.0. The van der Waals surface area contributed by atoms with Crippen molar-refractivity contribution in [3.05, 3.63) is 0 Å². The fourth-order valence-electron chi connectivity index (χ4n) is 3.55. The van der Waals surface area contributed by atoms with Crippen molar-refractivity contribution in [2.75, 3.05) is 33.2 Å². The lowest BCUT2D eigenvalue weighted by atomic mass is 9.77. The van der Waals surface area contributed by atoms with E-state index in [1.54, 1.807) is 0 Å². The Balaban J connectivity index is 2.00. The second-order valence-electron chi connectivity index (χ2n) is 6.08. The summed E-state index contributed by atoms with van der Waals surface area (Å²) in [7, 11) is 2.21. The molecule has 0 spiro atoms. The minimum Gasteiger partial charge on any atom is -0.305 e. The van der Waals surface area contributed by atoms with Crippen LogP contribution in [-0.4, -0.2) is 49.1 Å². The molecule has 18 heavy (non-hydrogen) atoms. The highest BCUT2D eigenvalue weighted by Crippen LogP contribution is 2.34. The highest BCUT2D eigenvalue weighted by atomic mass is 15.2. The fraction of sp³-hybridized carbons (Fsp3) is 0.933. The Hall–Kier alpha value is -0.590. The van der Waals surface area contributed by atoms with Crippen molar-refractivity contribution < 1.29 is 0 Å². The molecule has 0 N–H and O–H groups in total. The maximum atomic E-state index is 9.39. The van der Waals surface area contributed by atoms with E-state index >= 15 is 0 Å². The molecule has 0 radical (unpaired) electrons. The molecule has 0 aromatic rings. The van der Waals surface area contributed by atoms with Gasteiger partial charge in [0.1, 0.15) is 0 Å². The first-order chi connectivity index (χ1) is 8.74. The van der Waals surface area contributed by atoms with Crippen LogP contribution in [0, 0.1) is 23.2 Å². The van der Waals surface area contributed by atoms with E-state index in [0.29, 0.717) is 6.04 Å². The first-order valence-corrected chi connectivity index (χ1v) is 7.56. The summed E-state index contributed by atoms with van der Waals surface area (Å²) < 4.78 is 0. The van der Waals surface area contributed by atoms with E-state index in [-0.39, 0.29) is 5.92 Å². The minimum atomic E-state index is 0.274. The van der Waals surface area contributed by atoms with Crippen LogP contribution in [0.2, 0.25) is 0 Å². The van der Waals surface area contributed by atoms with Crippen molar-refractivity contribution in [1.82, 2.24) is 9.80 Å². The second-order valence-corrected chi connectivity index (χ2v) is 6.08. The molecule has 1 saturated heterocycles. The zero-order valence-electron chi connectivity index (χ0n) is 11.9. The molecule has 1 aliphatic carbocycles. The lowest BCUT2D eigenvalue weighted by Gasteiger charge is -2.39. The molecular weight excluding hydrogens is 222 g/mol. The molecule has 0 aromatic heterocycles. The van der Waals surface area contributed by atoms with Crippen LogP contribution in [0.5, 0.6) is 0 Å². The summed E-state index contributed by atoms with van der Waals surface area (Å²) in [6, 6.07) is 3.10. The molecule has 0 amide bonds. The van der Waals surface area contributed by atoms with E-state index in [2.05, 4.69) is 29.8 Å². The maximum Gasteiger partial charge on any atom is 0.0672 e. The normalized spacial score (nSPS) is 35.9. The molecular formula is C15H27N3. The first kappa shape index (κ1) is 13.8. The van der Waals surface area contributed by atoms with Crippen molar-refractivity contribution in [2.24, 2.45) is 11.8 Å². The van der Waals surface area contributed by atoms with Gasteiger partial charge in [-0.05, 0) is 51.7 Å². The molecule has 102 valence electrons. The van der Waals surface area contributed by atoms with Gasteiger partial charge in [0.15, 0.2) is 0 Å². The quantitative estimate of drug-likeness (QED) is 0.752. The molecule has 3 heteroatoms. The lowest BCUT2D eigenvalue weighted by molar-refractivity contribution is 0.103. The Morgan fingerprint density at radius 2 is 2.00 bits per heavy atom. The van der Waals surface area contributed by atoms with Crippen molar-refractivity contribution >= 4 is 0 Å². The van der Waals surface area contributed by atoms with Gasteiger partial charge in [-0.1, -0.05) is 13.3 Å². The molecule has 3 nitrogen and oxygen atoms in total. The third-order valence-electron chi connectivity index (χ3n) is 4.89. The van der Waals surface area contributed by atoms with E-state index in [9.17, 15) is 5.26 Å². The van der Waals surface area contributed by atoms with Crippen molar-refractivity contribution in [1.29, 1.82) is 5.26 Å². The van der Waals surface area contributed by atoms with Gasteiger partial charge in [-0.15, -0.1) is 0 Å². The van der Waals surface area contributed by atoms with Gasteiger partial charge in [0.2, 0.25) is 0 Å². The van der Waals surface area contributed by atoms with Crippen molar-refractivity contribution in [2.45, 2.75) is 45.1 Å². The van der Waals surface area contributed by atoms with Crippen molar-refractivity contribution in [3.8, 4) is 6.07 Å². The number of likely N-dealkylation sites (N-methyl/N-ethyl adjacent to an activating group) is 1. The fourth-order valence-corrected chi connectivity index (χ4v) is 3.55. The number of nitrogens with zero attached hydrogens (tertiary/aromatic N) is 3. The van der Waals surface area contributed by atoms with E-state index in [1.165, 1.54) is 38.8 Å². The summed E-state index contributed by atoms with van der Waals surface area (Å²) in [6.07, 6.45) is 6.16. The summed E-state index contributed by atoms with van der Waals surface area (Å²) in [5.74, 6) is 1.12. The average Bonchev–Trinajstić information content (AvgIpc) is 2.62. The standard InChI is InChI=1S/C15H27N3/c1-3-13-5-6-14(12-16)15(11-13)18-8-4-7-17(2)9-10-18/h13-15H,3-11H2,1-2H3. The summed E-state index contributed by atoms with van der Waals surface area (Å²) in [4.78, 5) is 5.03. The molecule has 3 unspecified atom stereocenters. The smallest absolute Gasteiger partial charge is 0.0672 e. The Morgan fingerprint density at radius 3 is 2.72 bits per heavy atom. The number of nitriles is 1. The Labute approximate surface area is 112 Å². The maximum absolute atomic E-state index is 9.39. The lowest BCUT2D eigenvalue weighted by Crippen LogP contribution is -2.45. The highest BCUT2D eigenvalue weighted by Gasteiger charge is 2.34. The summed E-state index contributed by atoms with van der Waals surface area (Å²) in [5.41, 5.74) is 0. The first-order valence-electron chi connectivity index (χ1n) is 7.56.